The zero-order chi connectivity index (χ0) is 12.6. The fraction of sp³-hybridized carbons (Fsp3) is 0.400. The highest BCUT2D eigenvalue weighted by molar-refractivity contribution is 7.09. The first-order chi connectivity index (χ1) is 7.43. The minimum Gasteiger partial charge on any atom is -0.473 e. The first-order valence-corrected chi connectivity index (χ1v) is 5.53. The van der Waals surface area contributed by atoms with E-state index in [9.17, 15) is 0 Å². The van der Waals surface area contributed by atoms with E-state index >= 15 is 0 Å². The summed E-state index contributed by atoms with van der Waals surface area (Å²) in [7, 11) is 0. The first-order valence-electron chi connectivity index (χ1n) is 4.65. The van der Waals surface area contributed by atoms with Crippen LogP contribution < -0.4 is 5.32 Å². The largest absolute Gasteiger partial charge is 0.473 e. The Kier molecular flexibility index (Phi) is 7.15. The van der Waals surface area contributed by atoms with Crippen LogP contribution in [-0.2, 0) is 16.1 Å². The molecule has 0 aliphatic rings. The van der Waals surface area contributed by atoms with Gasteiger partial charge in [0.1, 0.15) is 0 Å². The summed E-state index contributed by atoms with van der Waals surface area (Å²) in [6.07, 6.45) is 0. The lowest BCUT2D eigenvalue weighted by Crippen LogP contribution is -2.21. The quantitative estimate of drug-likeness (QED) is 0.701. The highest BCUT2D eigenvalue weighted by Crippen LogP contribution is 2.07. The van der Waals surface area contributed by atoms with Gasteiger partial charge in [0.15, 0.2) is 0 Å². The number of carbonyl (C=O) groups is 2. The average molecular weight is 245 g/mol. The van der Waals surface area contributed by atoms with Gasteiger partial charge in [-0.3, -0.25) is 0 Å². The third-order valence-corrected chi connectivity index (χ3v) is 2.32. The second kappa shape index (κ2) is 7.84. The van der Waals surface area contributed by atoms with Crippen molar-refractivity contribution in [3.63, 3.8) is 0 Å². The topological polar surface area (TPSA) is 86.6 Å². The first kappa shape index (κ1) is 14.6. The van der Waals surface area contributed by atoms with Crippen molar-refractivity contribution in [2.24, 2.45) is 0 Å². The molecule has 1 rings (SSSR count). The number of hydrogen-bond acceptors (Lipinski definition) is 4. The number of nitrogens with one attached hydrogen (secondary N) is 1. The Morgan fingerprint density at radius 3 is 2.25 bits per heavy atom. The van der Waals surface area contributed by atoms with E-state index in [2.05, 4.69) is 36.7 Å². The van der Waals surface area contributed by atoms with Gasteiger partial charge < -0.3 is 15.5 Å². The molecule has 3 N–H and O–H groups in total. The van der Waals surface area contributed by atoms with E-state index in [1.807, 2.05) is 0 Å². The summed E-state index contributed by atoms with van der Waals surface area (Å²) in [5, 5.41) is 20.2. The van der Waals surface area contributed by atoms with Crippen LogP contribution in [-0.4, -0.2) is 28.2 Å². The Morgan fingerprint density at radius 1 is 1.38 bits per heavy atom. The van der Waals surface area contributed by atoms with Gasteiger partial charge in [0.25, 0.3) is 0 Å². The Hall–Kier alpha value is -1.40. The number of rotatable bonds is 3. The Morgan fingerprint density at radius 2 is 1.94 bits per heavy atom. The van der Waals surface area contributed by atoms with Gasteiger partial charge in [0.05, 0.1) is 0 Å². The molecule has 0 fully saturated rings. The molecular weight excluding hydrogens is 230 g/mol. The van der Waals surface area contributed by atoms with Crippen LogP contribution in [0.3, 0.4) is 0 Å². The lowest BCUT2D eigenvalue weighted by molar-refractivity contribution is -0.159. The van der Waals surface area contributed by atoms with E-state index in [-0.39, 0.29) is 0 Å². The Bertz CT molecular complexity index is 310. The molecule has 0 spiro atoms. The predicted molar refractivity (Wildman–Crippen MR) is 61.6 cm³/mol. The van der Waals surface area contributed by atoms with E-state index in [0.717, 1.165) is 6.54 Å². The van der Waals surface area contributed by atoms with Gasteiger partial charge in [0, 0.05) is 17.5 Å². The minimum absolute atomic E-state index is 0.585. The molecule has 0 aliphatic carbocycles. The van der Waals surface area contributed by atoms with E-state index in [1.165, 1.54) is 4.88 Å². The average Bonchev–Trinajstić information content (AvgIpc) is 2.67. The highest BCUT2D eigenvalue weighted by Gasteiger charge is 2.04. The molecule has 0 unspecified atom stereocenters. The smallest absolute Gasteiger partial charge is 0.414 e. The van der Waals surface area contributed by atoms with Gasteiger partial charge in [-0.25, -0.2) is 9.59 Å². The van der Waals surface area contributed by atoms with Gasteiger partial charge in [0.2, 0.25) is 0 Å². The third kappa shape index (κ3) is 7.95. The standard InChI is InChI=1S/C8H13NS.C2H2O4/c1-7(2)9-6-8-4-3-5-10-8;3-1(4)2(5)6/h3-5,7,9H,6H2,1-2H3;(H,3,4)(H,5,6). The molecule has 0 radical (unpaired) electrons. The van der Waals surface area contributed by atoms with Crippen LogP contribution in [0.5, 0.6) is 0 Å². The van der Waals surface area contributed by atoms with Crippen molar-refractivity contribution in [1.29, 1.82) is 0 Å². The Labute approximate surface area is 97.7 Å². The maximum atomic E-state index is 9.10. The van der Waals surface area contributed by atoms with Crippen molar-refractivity contribution in [2.45, 2.75) is 26.4 Å². The molecule has 16 heavy (non-hydrogen) atoms. The van der Waals surface area contributed by atoms with Crippen molar-refractivity contribution in [1.82, 2.24) is 5.32 Å². The van der Waals surface area contributed by atoms with Crippen molar-refractivity contribution >= 4 is 23.3 Å². The molecule has 1 aromatic rings. The van der Waals surface area contributed by atoms with Gasteiger partial charge in [-0.2, -0.15) is 0 Å². The summed E-state index contributed by atoms with van der Waals surface area (Å²) in [5.41, 5.74) is 0. The number of carboxylic acid groups (broad SMARTS) is 2. The molecule has 0 amide bonds. The fourth-order valence-electron chi connectivity index (χ4n) is 0.718. The molecule has 5 nitrogen and oxygen atoms in total. The van der Waals surface area contributed by atoms with Crippen LogP contribution in [0, 0.1) is 0 Å². The van der Waals surface area contributed by atoms with Crippen LogP contribution in [0.1, 0.15) is 18.7 Å². The monoisotopic (exact) mass is 245 g/mol. The zero-order valence-corrected chi connectivity index (χ0v) is 9.95. The van der Waals surface area contributed by atoms with Gasteiger partial charge in [-0.1, -0.05) is 19.9 Å². The van der Waals surface area contributed by atoms with Gasteiger partial charge >= 0.3 is 11.9 Å². The molecule has 0 aromatic carbocycles. The molecular formula is C10H15NO4S. The number of hydrogen-bond donors (Lipinski definition) is 3. The second-order valence-electron chi connectivity index (χ2n) is 3.23. The molecule has 1 heterocycles. The molecule has 0 bridgehead atoms. The fourth-order valence-corrected chi connectivity index (χ4v) is 1.37. The van der Waals surface area contributed by atoms with Gasteiger partial charge in [-0.15, -0.1) is 11.3 Å². The van der Waals surface area contributed by atoms with E-state index < -0.39 is 11.9 Å². The van der Waals surface area contributed by atoms with Crippen molar-refractivity contribution in [2.75, 3.05) is 0 Å². The van der Waals surface area contributed by atoms with Crippen LogP contribution in [0.2, 0.25) is 0 Å². The predicted octanol–water partition coefficient (Wildman–Crippen LogP) is 1.40. The number of thiophene rings is 1. The zero-order valence-electron chi connectivity index (χ0n) is 9.14. The number of aliphatic carboxylic acids is 2. The molecule has 1 aromatic heterocycles. The van der Waals surface area contributed by atoms with Crippen LogP contribution in [0.15, 0.2) is 17.5 Å². The van der Waals surface area contributed by atoms with Gasteiger partial charge in [-0.05, 0) is 11.4 Å². The molecule has 0 saturated carbocycles. The normalized spacial score (nSPS) is 9.44. The summed E-state index contributed by atoms with van der Waals surface area (Å²) in [5.74, 6) is -3.65. The van der Waals surface area contributed by atoms with Crippen LogP contribution in [0.4, 0.5) is 0 Å². The second-order valence-corrected chi connectivity index (χ2v) is 4.26. The van der Waals surface area contributed by atoms with Crippen LogP contribution >= 0.6 is 11.3 Å². The van der Waals surface area contributed by atoms with E-state index in [0.29, 0.717) is 6.04 Å². The van der Waals surface area contributed by atoms with Crippen molar-refractivity contribution in [3.05, 3.63) is 22.4 Å². The van der Waals surface area contributed by atoms with Crippen molar-refractivity contribution < 1.29 is 19.8 Å². The third-order valence-electron chi connectivity index (χ3n) is 1.45. The lowest BCUT2D eigenvalue weighted by Gasteiger charge is -2.04. The summed E-state index contributed by atoms with van der Waals surface area (Å²) in [6, 6.07) is 4.82. The Balaban J connectivity index is 0.000000325. The summed E-state index contributed by atoms with van der Waals surface area (Å²) in [4.78, 5) is 19.6. The summed E-state index contributed by atoms with van der Waals surface area (Å²) >= 11 is 1.80. The van der Waals surface area contributed by atoms with E-state index in [4.69, 9.17) is 19.8 Å². The molecule has 0 aliphatic heterocycles. The molecule has 90 valence electrons. The summed E-state index contributed by atoms with van der Waals surface area (Å²) in [6.45, 7) is 5.33. The highest BCUT2D eigenvalue weighted by atomic mass is 32.1. The summed E-state index contributed by atoms with van der Waals surface area (Å²) < 4.78 is 0. The van der Waals surface area contributed by atoms with Crippen molar-refractivity contribution in [3.8, 4) is 0 Å². The minimum atomic E-state index is -1.82. The van der Waals surface area contributed by atoms with E-state index in [1.54, 1.807) is 11.3 Å². The molecule has 6 heteroatoms. The number of carboxylic acids is 2. The maximum Gasteiger partial charge on any atom is 0.414 e. The van der Waals surface area contributed by atoms with Crippen LogP contribution in [0.25, 0.3) is 0 Å². The lowest BCUT2D eigenvalue weighted by atomic mass is 10.4. The maximum absolute atomic E-state index is 9.10. The molecule has 0 saturated heterocycles. The molecule has 0 atom stereocenters. The SMILES string of the molecule is CC(C)NCc1cccs1.O=C(O)C(=O)O.